The molecular formula is C13H26O2. The fraction of sp³-hybridized carbons (Fsp3) is 1.00. The van der Waals surface area contributed by atoms with Gasteiger partial charge in [-0.1, -0.05) is 20.3 Å². The number of aliphatic hydroxyl groups is 1. The number of rotatable bonds is 5. The third-order valence-electron chi connectivity index (χ3n) is 4.03. The summed E-state index contributed by atoms with van der Waals surface area (Å²) in [6.07, 6.45) is 5.48. The highest BCUT2D eigenvalue weighted by Gasteiger charge is 2.28. The molecule has 15 heavy (non-hydrogen) atoms. The maximum atomic E-state index is 10.0. The molecule has 2 heteroatoms. The smallest absolute Gasteiger partial charge is 0.0569 e. The van der Waals surface area contributed by atoms with Crippen molar-refractivity contribution in [3.8, 4) is 0 Å². The van der Waals surface area contributed by atoms with E-state index in [1.807, 2.05) is 0 Å². The molecule has 0 aromatic carbocycles. The van der Waals surface area contributed by atoms with E-state index < -0.39 is 0 Å². The molecule has 0 heterocycles. The van der Waals surface area contributed by atoms with E-state index in [0.717, 1.165) is 31.3 Å². The van der Waals surface area contributed by atoms with Crippen molar-refractivity contribution >= 4 is 0 Å². The molecule has 0 bridgehead atoms. The molecule has 1 aliphatic rings. The molecule has 1 saturated carbocycles. The van der Waals surface area contributed by atoms with E-state index in [9.17, 15) is 5.11 Å². The van der Waals surface area contributed by atoms with Gasteiger partial charge in [-0.3, -0.25) is 0 Å². The van der Waals surface area contributed by atoms with Gasteiger partial charge in [0.1, 0.15) is 0 Å². The second kappa shape index (κ2) is 6.49. The normalized spacial score (nSPS) is 34.0. The van der Waals surface area contributed by atoms with Gasteiger partial charge in [0.05, 0.1) is 6.10 Å². The zero-order valence-corrected chi connectivity index (χ0v) is 10.4. The van der Waals surface area contributed by atoms with Crippen molar-refractivity contribution in [3.05, 3.63) is 0 Å². The monoisotopic (exact) mass is 214 g/mol. The maximum absolute atomic E-state index is 10.0. The molecule has 0 aromatic heterocycles. The summed E-state index contributed by atoms with van der Waals surface area (Å²) in [7, 11) is 1.72. The van der Waals surface area contributed by atoms with Crippen LogP contribution in [0.3, 0.4) is 0 Å². The minimum Gasteiger partial charge on any atom is -0.393 e. The number of methoxy groups -OCH3 is 1. The summed E-state index contributed by atoms with van der Waals surface area (Å²) in [5.41, 5.74) is 0. The highest BCUT2D eigenvalue weighted by molar-refractivity contribution is 4.79. The summed E-state index contributed by atoms with van der Waals surface area (Å²) in [6.45, 7) is 5.42. The Kier molecular flexibility index (Phi) is 5.62. The zero-order chi connectivity index (χ0) is 11.3. The Morgan fingerprint density at radius 2 is 2.00 bits per heavy atom. The van der Waals surface area contributed by atoms with Crippen molar-refractivity contribution in [3.63, 3.8) is 0 Å². The largest absolute Gasteiger partial charge is 0.393 e. The predicted molar refractivity (Wildman–Crippen MR) is 62.8 cm³/mol. The molecule has 1 aliphatic carbocycles. The SMILES string of the molecule is COCCCC(O)C1CCC(C)C(C)C1. The van der Waals surface area contributed by atoms with Crippen molar-refractivity contribution in [2.75, 3.05) is 13.7 Å². The van der Waals surface area contributed by atoms with Crippen LogP contribution < -0.4 is 0 Å². The summed E-state index contributed by atoms with van der Waals surface area (Å²) in [5, 5.41) is 10.0. The van der Waals surface area contributed by atoms with E-state index >= 15 is 0 Å². The topological polar surface area (TPSA) is 29.5 Å². The standard InChI is InChI=1S/C13H26O2/c1-10-6-7-12(9-11(10)2)13(14)5-4-8-15-3/h10-14H,4-9H2,1-3H3. The molecule has 4 unspecified atom stereocenters. The van der Waals surface area contributed by atoms with Crippen LogP contribution in [0.5, 0.6) is 0 Å². The molecule has 0 radical (unpaired) electrons. The van der Waals surface area contributed by atoms with Crippen LogP contribution in [0.25, 0.3) is 0 Å². The third kappa shape index (κ3) is 4.12. The highest BCUT2D eigenvalue weighted by atomic mass is 16.5. The Bertz CT molecular complexity index is 170. The predicted octanol–water partition coefficient (Wildman–Crippen LogP) is 2.85. The van der Waals surface area contributed by atoms with Gasteiger partial charge in [0, 0.05) is 13.7 Å². The fourth-order valence-corrected chi connectivity index (χ4v) is 2.61. The maximum Gasteiger partial charge on any atom is 0.0569 e. The Labute approximate surface area is 94.0 Å². The van der Waals surface area contributed by atoms with E-state index in [1.165, 1.54) is 19.3 Å². The lowest BCUT2D eigenvalue weighted by atomic mass is 9.73. The number of hydrogen-bond acceptors (Lipinski definition) is 2. The average Bonchev–Trinajstić information content (AvgIpc) is 2.22. The Morgan fingerprint density at radius 1 is 1.27 bits per heavy atom. The molecule has 2 nitrogen and oxygen atoms in total. The molecule has 1 rings (SSSR count). The van der Waals surface area contributed by atoms with E-state index in [-0.39, 0.29) is 6.10 Å². The van der Waals surface area contributed by atoms with Gasteiger partial charge >= 0.3 is 0 Å². The molecule has 90 valence electrons. The lowest BCUT2D eigenvalue weighted by molar-refractivity contribution is 0.0437. The van der Waals surface area contributed by atoms with Crippen molar-refractivity contribution in [2.24, 2.45) is 17.8 Å². The molecule has 0 aromatic rings. The first-order chi connectivity index (χ1) is 7.15. The first-order valence-electron chi connectivity index (χ1n) is 6.32. The first-order valence-corrected chi connectivity index (χ1v) is 6.32. The van der Waals surface area contributed by atoms with Crippen molar-refractivity contribution in [1.82, 2.24) is 0 Å². The van der Waals surface area contributed by atoms with Gasteiger partial charge in [0.25, 0.3) is 0 Å². The highest BCUT2D eigenvalue weighted by Crippen LogP contribution is 2.35. The lowest BCUT2D eigenvalue weighted by Gasteiger charge is -2.34. The molecule has 0 amide bonds. The third-order valence-corrected chi connectivity index (χ3v) is 4.03. The van der Waals surface area contributed by atoms with Crippen molar-refractivity contribution < 1.29 is 9.84 Å². The van der Waals surface area contributed by atoms with Gasteiger partial charge in [-0.05, 0) is 43.4 Å². The molecule has 1 N–H and O–H groups in total. The quantitative estimate of drug-likeness (QED) is 0.713. The van der Waals surface area contributed by atoms with Crippen LogP contribution in [0, 0.1) is 17.8 Å². The van der Waals surface area contributed by atoms with E-state index in [2.05, 4.69) is 13.8 Å². The van der Waals surface area contributed by atoms with Crippen molar-refractivity contribution in [1.29, 1.82) is 0 Å². The van der Waals surface area contributed by atoms with Crippen LogP contribution in [0.2, 0.25) is 0 Å². The van der Waals surface area contributed by atoms with E-state index in [1.54, 1.807) is 7.11 Å². The summed E-state index contributed by atoms with van der Waals surface area (Å²) < 4.78 is 5.01. The number of aliphatic hydroxyl groups excluding tert-OH is 1. The van der Waals surface area contributed by atoms with Crippen LogP contribution in [0.1, 0.15) is 46.0 Å². The van der Waals surface area contributed by atoms with E-state index in [0.29, 0.717) is 5.92 Å². The van der Waals surface area contributed by atoms with Crippen LogP contribution in [-0.4, -0.2) is 24.9 Å². The molecule has 4 atom stereocenters. The molecule has 0 spiro atoms. The van der Waals surface area contributed by atoms with Crippen LogP contribution in [-0.2, 0) is 4.74 Å². The summed E-state index contributed by atoms with van der Waals surface area (Å²) in [4.78, 5) is 0. The minimum atomic E-state index is -0.102. The van der Waals surface area contributed by atoms with E-state index in [4.69, 9.17) is 4.74 Å². The summed E-state index contributed by atoms with van der Waals surface area (Å²) in [6, 6.07) is 0. The molecule has 0 aliphatic heterocycles. The van der Waals surface area contributed by atoms with Gasteiger partial charge < -0.3 is 9.84 Å². The van der Waals surface area contributed by atoms with Gasteiger partial charge in [0.2, 0.25) is 0 Å². The molecule has 0 saturated heterocycles. The van der Waals surface area contributed by atoms with Gasteiger partial charge in [-0.25, -0.2) is 0 Å². The van der Waals surface area contributed by atoms with Crippen molar-refractivity contribution in [2.45, 2.75) is 52.1 Å². The first kappa shape index (κ1) is 13.0. The Hall–Kier alpha value is -0.0800. The van der Waals surface area contributed by atoms with Gasteiger partial charge in [0.15, 0.2) is 0 Å². The number of ether oxygens (including phenoxy) is 1. The fourth-order valence-electron chi connectivity index (χ4n) is 2.61. The van der Waals surface area contributed by atoms with Crippen LogP contribution >= 0.6 is 0 Å². The summed E-state index contributed by atoms with van der Waals surface area (Å²) >= 11 is 0. The second-order valence-electron chi connectivity index (χ2n) is 5.23. The Morgan fingerprint density at radius 3 is 2.60 bits per heavy atom. The molecule has 1 fully saturated rings. The second-order valence-corrected chi connectivity index (χ2v) is 5.23. The van der Waals surface area contributed by atoms with Gasteiger partial charge in [-0.15, -0.1) is 0 Å². The summed E-state index contributed by atoms with van der Waals surface area (Å²) in [5.74, 6) is 2.15. The lowest BCUT2D eigenvalue weighted by Crippen LogP contribution is -2.29. The zero-order valence-electron chi connectivity index (χ0n) is 10.4. The number of hydrogen-bond donors (Lipinski definition) is 1. The molecular weight excluding hydrogens is 188 g/mol. The Balaban J connectivity index is 2.24. The van der Waals surface area contributed by atoms with Gasteiger partial charge in [-0.2, -0.15) is 0 Å². The average molecular weight is 214 g/mol. The van der Waals surface area contributed by atoms with Crippen LogP contribution in [0.4, 0.5) is 0 Å². The minimum absolute atomic E-state index is 0.102. The van der Waals surface area contributed by atoms with Crippen LogP contribution in [0.15, 0.2) is 0 Å².